The van der Waals surface area contributed by atoms with E-state index in [0.717, 1.165) is 6.08 Å². The minimum Gasteiger partial charge on any atom is -0.478 e. The highest BCUT2D eigenvalue weighted by atomic mass is 16.4. The highest BCUT2D eigenvalue weighted by molar-refractivity contribution is 5.97. The average molecular weight is 286 g/mol. The third-order valence-corrected chi connectivity index (χ3v) is 4.02. The molecule has 1 heterocycles. The molecule has 0 bridgehead atoms. The molecule has 2 saturated carbocycles. The summed E-state index contributed by atoms with van der Waals surface area (Å²) >= 11 is 0. The Balaban J connectivity index is 1.75. The molecular weight excluding hydrogens is 268 g/mol. The molecule has 0 saturated heterocycles. The van der Waals surface area contributed by atoms with Gasteiger partial charge in [-0.25, -0.2) is 4.79 Å². The van der Waals surface area contributed by atoms with Crippen LogP contribution in [0.5, 0.6) is 0 Å². The second-order valence-corrected chi connectivity index (χ2v) is 5.79. The predicted molar refractivity (Wildman–Crippen MR) is 77.6 cm³/mol. The Hall–Kier alpha value is -2.17. The van der Waals surface area contributed by atoms with Crippen LogP contribution in [0.1, 0.15) is 41.7 Å². The first kappa shape index (κ1) is 13.8. The number of aliphatic carboxylic acids is 1. The summed E-state index contributed by atoms with van der Waals surface area (Å²) in [5, 5.41) is 11.8. The maximum atomic E-state index is 12.4. The van der Waals surface area contributed by atoms with Crippen molar-refractivity contribution >= 4 is 18.0 Å². The molecule has 1 aromatic rings. The van der Waals surface area contributed by atoms with Crippen molar-refractivity contribution in [1.29, 1.82) is 0 Å². The SMILES string of the molecule is O=C(O)/C=C/c1cccnc1C(=O)NC(C1CC1)C1CC1. The molecule has 2 N–H and O–H groups in total. The summed E-state index contributed by atoms with van der Waals surface area (Å²) in [6, 6.07) is 3.65. The van der Waals surface area contributed by atoms with Crippen LogP contribution in [0, 0.1) is 11.8 Å². The first-order valence-corrected chi connectivity index (χ1v) is 7.32. The lowest BCUT2D eigenvalue weighted by molar-refractivity contribution is -0.131. The van der Waals surface area contributed by atoms with E-state index in [0.29, 0.717) is 23.1 Å². The quantitative estimate of drug-likeness (QED) is 0.785. The normalized spacial score (nSPS) is 18.1. The number of carbonyl (C=O) groups excluding carboxylic acids is 1. The monoisotopic (exact) mass is 286 g/mol. The van der Waals surface area contributed by atoms with Crippen molar-refractivity contribution in [3.05, 3.63) is 35.7 Å². The van der Waals surface area contributed by atoms with E-state index in [-0.39, 0.29) is 11.9 Å². The fourth-order valence-corrected chi connectivity index (χ4v) is 2.65. The van der Waals surface area contributed by atoms with E-state index >= 15 is 0 Å². The van der Waals surface area contributed by atoms with Crippen LogP contribution in [0.25, 0.3) is 6.08 Å². The Morgan fingerprint density at radius 3 is 2.52 bits per heavy atom. The molecule has 5 nitrogen and oxygen atoms in total. The topological polar surface area (TPSA) is 79.3 Å². The summed E-state index contributed by atoms with van der Waals surface area (Å²) in [4.78, 5) is 27.2. The Bertz CT molecular complexity index is 577. The molecule has 0 aliphatic heterocycles. The Morgan fingerprint density at radius 2 is 1.95 bits per heavy atom. The third kappa shape index (κ3) is 3.48. The maximum absolute atomic E-state index is 12.4. The molecule has 3 rings (SSSR count). The van der Waals surface area contributed by atoms with E-state index in [9.17, 15) is 9.59 Å². The predicted octanol–water partition coefficient (Wildman–Crippen LogP) is 2.10. The van der Waals surface area contributed by atoms with Crippen molar-refractivity contribution in [1.82, 2.24) is 10.3 Å². The number of nitrogens with zero attached hydrogens (tertiary/aromatic N) is 1. The molecule has 2 aliphatic carbocycles. The van der Waals surface area contributed by atoms with Crippen LogP contribution in [0.2, 0.25) is 0 Å². The first-order valence-electron chi connectivity index (χ1n) is 7.32. The van der Waals surface area contributed by atoms with E-state index < -0.39 is 5.97 Å². The number of hydrogen-bond acceptors (Lipinski definition) is 3. The van der Waals surface area contributed by atoms with Gasteiger partial charge in [-0.15, -0.1) is 0 Å². The lowest BCUT2D eigenvalue weighted by Gasteiger charge is -2.17. The van der Waals surface area contributed by atoms with E-state index in [1.54, 1.807) is 18.3 Å². The summed E-state index contributed by atoms with van der Waals surface area (Å²) < 4.78 is 0. The number of hydrogen-bond donors (Lipinski definition) is 2. The highest BCUT2D eigenvalue weighted by Gasteiger charge is 2.42. The number of amides is 1. The molecule has 21 heavy (non-hydrogen) atoms. The van der Waals surface area contributed by atoms with Gasteiger partial charge in [-0.3, -0.25) is 9.78 Å². The zero-order chi connectivity index (χ0) is 14.8. The van der Waals surface area contributed by atoms with E-state index in [1.165, 1.54) is 31.8 Å². The van der Waals surface area contributed by atoms with Crippen LogP contribution < -0.4 is 5.32 Å². The van der Waals surface area contributed by atoms with Gasteiger partial charge in [0.15, 0.2) is 0 Å². The molecule has 2 aliphatic rings. The molecule has 110 valence electrons. The van der Waals surface area contributed by atoms with Gasteiger partial charge in [-0.2, -0.15) is 0 Å². The van der Waals surface area contributed by atoms with Gasteiger partial charge in [0, 0.05) is 23.9 Å². The van der Waals surface area contributed by atoms with Crippen LogP contribution in [0.4, 0.5) is 0 Å². The summed E-state index contributed by atoms with van der Waals surface area (Å²) in [5.74, 6) is -0.0187. The molecule has 1 amide bonds. The molecular formula is C16H18N2O3. The van der Waals surface area contributed by atoms with Crippen molar-refractivity contribution in [2.45, 2.75) is 31.7 Å². The second-order valence-electron chi connectivity index (χ2n) is 5.79. The van der Waals surface area contributed by atoms with Gasteiger partial charge in [-0.05, 0) is 49.7 Å². The highest BCUT2D eigenvalue weighted by Crippen LogP contribution is 2.44. The molecule has 5 heteroatoms. The van der Waals surface area contributed by atoms with Gasteiger partial charge in [-0.1, -0.05) is 6.07 Å². The van der Waals surface area contributed by atoms with Crippen LogP contribution in [-0.2, 0) is 4.79 Å². The number of pyridine rings is 1. The number of aromatic nitrogens is 1. The fraction of sp³-hybridized carbons (Fsp3) is 0.438. The van der Waals surface area contributed by atoms with Gasteiger partial charge in [0.25, 0.3) is 5.91 Å². The number of carboxylic acid groups (broad SMARTS) is 1. The Morgan fingerprint density at radius 1 is 1.29 bits per heavy atom. The van der Waals surface area contributed by atoms with Gasteiger partial charge < -0.3 is 10.4 Å². The average Bonchev–Trinajstić information content (AvgIpc) is 3.36. The summed E-state index contributed by atoms with van der Waals surface area (Å²) in [7, 11) is 0. The standard InChI is InChI=1S/C16H18N2O3/c19-13(20)8-7-10-2-1-9-17-15(10)16(21)18-14(11-3-4-11)12-5-6-12/h1-2,7-9,11-12,14H,3-6H2,(H,18,21)(H,19,20)/b8-7+. The summed E-state index contributed by atoms with van der Waals surface area (Å²) in [5.41, 5.74) is 0.823. The van der Waals surface area contributed by atoms with Crippen LogP contribution in [0.15, 0.2) is 24.4 Å². The van der Waals surface area contributed by atoms with E-state index in [4.69, 9.17) is 5.11 Å². The maximum Gasteiger partial charge on any atom is 0.328 e. The van der Waals surface area contributed by atoms with Crippen molar-refractivity contribution in [3.8, 4) is 0 Å². The van der Waals surface area contributed by atoms with Crippen LogP contribution >= 0.6 is 0 Å². The number of carboxylic acids is 1. The summed E-state index contributed by atoms with van der Waals surface area (Å²) in [6.45, 7) is 0. The largest absolute Gasteiger partial charge is 0.478 e. The van der Waals surface area contributed by atoms with Crippen molar-refractivity contribution in [3.63, 3.8) is 0 Å². The number of carbonyl (C=O) groups is 2. The number of nitrogens with one attached hydrogen (secondary N) is 1. The van der Waals surface area contributed by atoms with Crippen molar-refractivity contribution in [2.24, 2.45) is 11.8 Å². The van der Waals surface area contributed by atoms with E-state index in [2.05, 4.69) is 10.3 Å². The lowest BCUT2D eigenvalue weighted by atomic mass is 10.1. The van der Waals surface area contributed by atoms with Crippen LogP contribution in [0.3, 0.4) is 0 Å². The fourth-order valence-electron chi connectivity index (χ4n) is 2.65. The molecule has 0 unspecified atom stereocenters. The van der Waals surface area contributed by atoms with E-state index in [1.807, 2.05) is 0 Å². The smallest absolute Gasteiger partial charge is 0.328 e. The molecule has 0 atom stereocenters. The van der Waals surface area contributed by atoms with Gasteiger partial charge in [0.2, 0.25) is 0 Å². The zero-order valence-corrected chi connectivity index (χ0v) is 11.7. The first-order chi connectivity index (χ1) is 10.1. The lowest BCUT2D eigenvalue weighted by Crippen LogP contribution is -2.38. The van der Waals surface area contributed by atoms with Gasteiger partial charge in [0.1, 0.15) is 5.69 Å². The summed E-state index contributed by atoms with van der Waals surface area (Å²) in [6.07, 6.45) is 8.74. The molecule has 2 fully saturated rings. The Labute approximate surface area is 123 Å². The van der Waals surface area contributed by atoms with Crippen molar-refractivity contribution in [2.75, 3.05) is 0 Å². The minimum atomic E-state index is -1.04. The molecule has 1 aromatic heterocycles. The molecule has 0 aromatic carbocycles. The van der Waals surface area contributed by atoms with Crippen molar-refractivity contribution < 1.29 is 14.7 Å². The Kier molecular flexibility index (Phi) is 3.73. The second kappa shape index (κ2) is 5.68. The van der Waals surface area contributed by atoms with Crippen LogP contribution in [-0.4, -0.2) is 28.0 Å². The minimum absolute atomic E-state index is 0.204. The third-order valence-electron chi connectivity index (χ3n) is 4.02. The zero-order valence-electron chi connectivity index (χ0n) is 11.7. The number of rotatable bonds is 6. The molecule has 0 spiro atoms. The molecule has 0 radical (unpaired) electrons. The van der Waals surface area contributed by atoms with Gasteiger partial charge >= 0.3 is 5.97 Å². The van der Waals surface area contributed by atoms with Gasteiger partial charge in [0.05, 0.1) is 0 Å².